The van der Waals surface area contributed by atoms with Gasteiger partial charge < -0.3 is 0 Å². The van der Waals surface area contributed by atoms with Gasteiger partial charge in [0.25, 0.3) is 5.56 Å². The Kier molecular flexibility index (Phi) is 5.39. The standard InChI is InChI=1S/C21H22N2OS/c1-15(2)17-8-10-19(11-9-17)23-13-12-22-20(21(23)24)25-14-18-7-5-4-6-16(18)3/h4-13,15H,14H2,1-3H3. The number of nitrogens with zero attached hydrogens (tertiary/aromatic N) is 2. The van der Waals surface area contributed by atoms with Gasteiger partial charge in [0.15, 0.2) is 5.03 Å². The van der Waals surface area contributed by atoms with Crippen LogP contribution in [0.4, 0.5) is 0 Å². The van der Waals surface area contributed by atoms with Crippen LogP contribution in [0.25, 0.3) is 5.69 Å². The first-order valence-corrected chi connectivity index (χ1v) is 9.40. The van der Waals surface area contributed by atoms with Gasteiger partial charge in [-0.1, -0.05) is 62.0 Å². The molecular formula is C21H22N2OS. The van der Waals surface area contributed by atoms with Gasteiger partial charge in [0.05, 0.1) is 0 Å². The van der Waals surface area contributed by atoms with E-state index in [4.69, 9.17) is 0 Å². The lowest BCUT2D eigenvalue weighted by Crippen LogP contribution is -2.20. The van der Waals surface area contributed by atoms with Crippen LogP contribution in [0.1, 0.15) is 36.5 Å². The molecular weight excluding hydrogens is 328 g/mol. The molecule has 4 heteroatoms. The van der Waals surface area contributed by atoms with E-state index in [1.165, 1.54) is 28.5 Å². The normalized spacial score (nSPS) is 11.0. The highest BCUT2D eigenvalue weighted by molar-refractivity contribution is 7.98. The van der Waals surface area contributed by atoms with E-state index >= 15 is 0 Å². The third kappa shape index (κ3) is 4.02. The SMILES string of the molecule is Cc1ccccc1CSc1nccn(-c2ccc(C(C)C)cc2)c1=O. The fourth-order valence-electron chi connectivity index (χ4n) is 2.63. The molecule has 0 saturated heterocycles. The topological polar surface area (TPSA) is 34.9 Å². The zero-order chi connectivity index (χ0) is 17.8. The van der Waals surface area contributed by atoms with E-state index in [1.807, 2.05) is 24.3 Å². The molecule has 3 aromatic rings. The van der Waals surface area contributed by atoms with E-state index in [1.54, 1.807) is 17.0 Å². The average Bonchev–Trinajstić information content (AvgIpc) is 2.62. The Morgan fingerprint density at radius 3 is 2.48 bits per heavy atom. The van der Waals surface area contributed by atoms with E-state index in [2.05, 4.69) is 50.0 Å². The molecule has 1 heterocycles. The van der Waals surface area contributed by atoms with Crippen LogP contribution in [0.2, 0.25) is 0 Å². The molecule has 3 nitrogen and oxygen atoms in total. The first-order valence-electron chi connectivity index (χ1n) is 8.41. The molecule has 0 bridgehead atoms. The van der Waals surface area contributed by atoms with Gasteiger partial charge >= 0.3 is 0 Å². The number of benzene rings is 2. The van der Waals surface area contributed by atoms with Gasteiger partial charge in [0.2, 0.25) is 0 Å². The lowest BCUT2D eigenvalue weighted by Gasteiger charge is -2.10. The van der Waals surface area contributed by atoms with E-state index in [9.17, 15) is 4.79 Å². The van der Waals surface area contributed by atoms with Crippen molar-refractivity contribution < 1.29 is 0 Å². The molecule has 3 rings (SSSR count). The largest absolute Gasteiger partial charge is 0.287 e. The fraction of sp³-hybridized carbons (Fsp3) is 0.238. The zero-order valence-corrected chi connectivity index (χ0v) is 15.6. The predicted molar refractivity (Wildman–Crippen MR) is 105 cm³/mol. The number of thioether (sulfide) groups is 1. The van der Waals surface area contributed by atoms with Crippen LogP contribution in [-0.2, 0) is 5.75 Å². The van der Waals surface area contributed by atoms with E-state index < -0.39 is 0 Å². The highest BCUT2D eigenvalue weighted by Gasteiger charge is 2.09. The minimum atomic E-state index is -0.0709. The smallest absolute Gasteiger partial charge is 0.280 e. The summed E-state index contributed by atoms with van der Waals surface area (Å²) in [5.41, 5.74) is 4.52. The number of hydrogen-bond acceptors (Lipinski definition) is 3. The van der Waals surface area contributed by atoms with Crippen molar-refractivity contribution in [1.82, 2.24) is 9.55 Å². The number of aromatic nitrogens is 2. The second-order valence-corrected chi connectivity index (χ2v) is 7.33. The Bertz CT molecular complexity index is 914. The Hall–Kier alpha value is -2.33. The Labute approximate surface area is 152 Å². The van der Waals surface area contributed by atoms with Crippen LogP contribution in [0.15, 0.2) is 70.7 Å². The van der Waals surface area contributed by atoms with Gasteiger partial charge in [-0.05, 0) is 41.7 Å². The fourth-order valence-corrected chi connectivity index (χ4v) is 3.61. The van der Waals surface area contributed by atoms with Crippen LogP contribution < -0.4 is 5.56 Å². The highest BCUT2D eigenvalue weighted by Crippen LogP contribution is 2.21. The number of hydrogen-bond donors (Lipinski definition) is 0. The van der Waals surface area contributed by atoms with E-state index in [0.717, 1.165) is 11.4 Å². The van der Waals surface area contributed by atoms with Gasteiger partial charge in [-0.3, -0.25) is 9.36 Å². The third-order valence-corrected chi connectivity index (χ3v) is 5.28. The van der Waals surface area contributed by atoms with Crippen LogP contribution >= 0.6 is 11.8 Å². The molecule has 0 aliphatic rings. The summed E-state index contributed by atoms with van der Waals surface area (Å²) in [6, 6.07) is 16.4. The molecule has 0 saturated carbocycles. The second-order valence-electron chi connectivity index (χ2n) is 6.37. The molecule has 0 fully saturated rings. The summed E-state index contributed by atoms with van der Waals surface area (Å²) in [7, 11) is 0. The summed E-state index contributed by atoms with van der Waals surface area (Å²) in [5, 5.41) is 0.527. The third-order valence-electron chi connectivity index (χ3n) is 4.27. The van der Waals surface area contributed by atoms with Gasteiger partial charge in [-0.25, -0.2) is 4.98 Å². The van der Waals surface area contributed by atoms with Crippen molar-refractivity contribution >= 4 is 11.8 Å². The average molecular weight is 350 g/mol. The van der Waals surface area contributed by atoms with Gasteiger partial charge in [-0.15, -0.1) is 0 Å². The maximum absolute atomic E-state index is 12.8. The van der Waals surface area contributed by atoms with Crippen molar-refractivity contribution in [2.24, 2.45) is 0 Å². The molecule has 128 valence electrons. The second kappa shape index (κ2) is 7.70. The van der Waals surface area contributed by atoms with Crippen molar-refractivity contribution in [3.8, 4) is 5.69 Å². The van der Waals surface area contributed by atoms with E-state index in [0.29, 0.717) is 10.9 Å². The molecule has 0 radical (unpaired) electrons. The minimum absolute atomic E-state index is 0.0709. The zero-order valence-electron chi connectivity index (χ0n) is 14.8. The minimum Gasteiger partial charge on any atom is -0.280 e. The molecule has 0 aliphatic heterocycles. The van der Waals surface area contributed by atoms with Crippen molar-refractivity contribution in [2.75, 3.05) is 0 Å². The van der Waals surface area contributed by atoms with E-state index in [-0.39, 0.29) is 5.56 Å². The van der Waals surface area contributed by atoms with Crippen molar-refractivity contribution in [3.05, 3.63) is 88.0 Å². The number of aryl methyl sites for hydroxylation is 1. The number of rotatable bonds is 5. The molecule has 0 spiro atoms. The summed E-state index contributed by atoms with van der Waals surface area (Å²) in [6.45, 7) is 6.41. The van der Waals surface area contributed by atoms with Crippen LogP contribution in [0.5, 0.6) is 0 Å². The monoisotopic (exact) mass is 350 g/mol. The quantitative estimate of drug-likeness (QED) is 0.610. The lowest BCUT2D eigenvalue weighted by molar-refractivity contribution is 0.857. The summed E-state index contributed by atoms with van der Waals surface area (Å²) < 4.78 is 1.66. The molecule has 1 aromatic heterocycles. The Morgan fingerprint density at radius 2 is 1.80 bits per heavy atom. The van der Waals surface area contributed by atoms with Crippen molar-refractivity contribution in [1.29, 1.82) is 0 Å². The summed E-state index contributed by atoms with van der Waals surface area (Å²) in [4.78, 5) is 17.1. The summed E-state index contributed by atoms with van der Waals surface area (Å²) in [5.74, 6) is 1.22. The van der Waals surface area contributed by atoms with Crippen molar-refractivity contribution in [3.63, 3.8) is 0 Å². The maximum Gasteiger partial charge on any atom is 0.287 e. The predicted octanol–water partition coefficient (Wildman–Crippen LogP) is 4.96. The molecule has 0 amide bonds. The lowest BCUT2D eigenvalue weighted by atomic mass is 10.0. The molecule has 25 heavy (non-hydrogen) atoms. The maximum atomic E-state index is 12.8. The van der Waals surface area contributed by atoms with Gasteiger partial charge in [0.1, 0.15) is 0 Å². The van der Waals surface area contributed by atoms with Crippen molar-refractivity contribution in [2.45, 2.75) is 37.5 Å². The molecule has 0 N–H and O–H groups in total. The molecule has 0 atom stereocenters. The molecule has 2 aromatic carbocycles. The summed E-state index contributed by atoms with van der Waals surface area (Å²) in [6.07, 6.45) is 3.42. The van der Waals surface area contributed by atoms with Crippen LogP contribution in [0, 0.1) is 6.92 Å². The molecule has 0 unspecified atom stereocenters. The Morgan fingerprint density at radius 1 is 1.08 bits per heavy atom. The van der Waals surface area contributed by atoms with Crippen LogP contribution in [0.3, 0.4) is 0 Å². The van der Waals surface area contributed by atoms with Crippen LogP contribution in [-0.4, -0.2) is 9.55 Å². The Balaban J connectivity index is 1.85. The van der Waals surface area contributed by atoms with Gasteiger partial charge in [-0.2, -0.15) is 0 Å². The molecule has 0 aliphatic carbocycles. The summed E-state index contributed by atoms with van der Waals surface area (Å²) >= 11 is 1.49. The highest BCUT2D eigenvalue weighted by atomic mass is 32.2. The van der Waals surface area contributed by atoms with Gasteiger partial charge in [0, 0.05) is 23.8 Å². The first kappa shape index (κ1) is 17.5. The first-order chi connectivity index (χ1) is 12.1.